The van der Waals surface area contributed by atoms with E-state index in [0.717, 1.165) is 10.9 Å². The van der Waals surface area contributed by atoms with Crippen LogP contribution in [0.4, 0.5) is 5.69 Å². The first-order valence-electron chi connectivity index (χ1n) is 11.8. The standard InChI is InChI=1S/C27H32N4O4S/c1-6-24(32)28-20-16-26(2,3)31(27(4,5)17-20)36(34,35)21-13-11-19(12-14-21)29-25(33)23-15-18-9-7-8-10-22(18)30-23/h6-15,20,30H,1,16-17H2,2-5H3,(H,28,32)(H,29,33). The van der Waals surface area contributed by atoms with Crippen LogP contribution in [0, 0.1) is 0 Å². The van der Waals surface area contributed by atoms with Crippen molar-refractivity contribution >= 4 is 38.4 Å². The molecule has 0 unspecified atom stereocenters. The summed E-state index contributed by atoms with van der Waals surface area (Å²) in [7, 11) is -3.87. The summed E-state index contributed by atoms with van der Waals surface area (Å²) in [4.78, 5) is 27.8. The van der Waals surface area contributed by atoms with E-state index in [-0.39, 0.29) is 22.8 Å². The molecule has 2 amide bonds. The number of sulfonamides is 1. The summed E-state index contributed by atoms with van der Waals surface area (Å²) in [5.74, 6) is -0.583. The fraction of sp³-hybridized carbons (Fsp3) is 0.333. The fourth-order valence-electron chi connectivity index (χ4n) is 5.49. The highest BCUT2D eigenvalue weighted by Gasteiger charge is 2.51. The molecule has 1 aliphatic rings. The molecule has 36 heavy (non-hydrogen) atoms. The number of anilines is 1. The van der Waals surface area contributed by atoms with Crippen molar-refractivity contribution in [3.8, 4) is 0 Å². The third kappa shape index (κ3) is 4.94. The first kappa shape index (κ1) is 25.7. The number of rotatable bonds is 6. The first-order valence-corrected chi connectivity index (χ1v) is 13.3. The highest BCUT2D eigenvalue weighted by atomic mass is 32.2. The Morgan fingerprint density at radius 2 is 1.64 bits per heavy atom. The average molecular weight is 509 g/mol. The molecular formula is C27H32N4O4S. The van der Waals surface area contributed by atoms with Crippen molar-refractivity contribution in [3.05, 3.63) is 72.9 Å². The number of H-pyrrole nitrogens is 1. The summed E-state index contributed by atoms with van der Waals surface area (Å²) >= 11 is 0. The summed E-state index contributed by atoms with van der Waals surface area (Å²) in [5.41, 5.74) is 0.275. The van der Waals surface area contributed by atoms with E-state index in [9.17, 15) is 18.0 Å². The molecule has 1 saturated heterocycles. The number of aromatic amines is 1. The molecule has 0 bridgehead atoms. The predicted octanol–water partition coefficient (Wildman–Crippen LogP) is 4.43. The molecule has 2 aromatic carbocycles. The molecule has 2 heterocycles. The van der Waals surface area contributed by atoms with Crippen LogP contribution in [0.2, 0.25) is 0 Å². The van der Waals surface area contributed by atoms with Gasteiger partial charge in [-0.05, 0) is 83.0 Å². The largest absolute Gasteiger partial charge is 0.351 e. The lowest BCUT2D eigenvalue weighted by atomic mass is 9.79. The number of amides is 2. The van der Waals surface area contributed by atoms with Gasteiger partial charge in [-0.3, -0.25) is 9.59 Å². The van der Waals surface area contributed by atoms with Crippen molar-refractivity contribution in [2.75, 3.05) is 5.32 Å². The molecule has 3 aromatic rings. The van der Waals surface area contributed by atoms with Gasteiger partial charge in [0.15, 0.2) is 0 Å². The van der Waals surface area contributed by atoms with Gasteiger partial charge >= 0.3 is 0 Å². The van der Waals surface area contributed by atoms with Gasteiger partial charge in [0.25, 0.3) is 5.91 Å². The summed E-state index contributed by atoms with van der Waals surface area (Å²) in [5, 5.41) is 6.66. The molecule has 0 radical (unpaired) electrons. The molecule has 0 aliphatic carbocycles. The van der Waals surface area contributed by atoms with Crippen LogP contribution in [-0.4, -0.2) is 46.6 Å². The van der Waals surface area contributed by atoms with Crippen LogP contribution in [-0.2, 0) is 14.8 Å². The lowest BCUT2D eigenvalue weighted by Gasteiger charge is -2.53. The third-order valence-corrected chi connectivity index (χ3v) is 8.89. The smallest absolute Gasteiger partial charge is 0.272 e. The molecule has 0 saturated carbocycles. The number of nitrogens with zero attached hydrogens (tertiary/aromatic N) is 1. The summed E-state index contributed by atoms with van der Waals surface area (Å²) in [6.07, 6.45) is 2.16. The van der Waals surface area contributed by atoms with E-state index >= 15 is 0 Å². The van der Waals surface area contributed by atoms with E-state index in [2.05, 4.69) is 22.2 Å². The van der Waals surface area contributed by atoms with Crippen molar-refractivity contribution in [3.63, 3.8) is 0 Å². The minimum absolute atomic E-state index is 0.140. The van der Waals surface area contributed by atoms with E-state index in [1.807, 2.05) is 52.0 Å². The van der Waals surface area contributed by atoms with E-state index in [1.165, 1.54) is 18.2 Å². The Morgan fingerprint density at radius 1 is 1.03 bits per heavy atom. The van der Waals surface area contributed by atoms with Crippen LogP contribution < -0.4 is 10.6 Å². The Morgan fingerprint density at radius 3 is 2.22 bits per heavy atom. The topological polar surface area (TPSA) is 111 Å². The Bertz CT molecular complexity index is 1370. The predicted molar refractivity (Wildman–Crippen MR) is 141 cm³/mol. The molecule has 9 heteroatoms. The number of benzene rings is 2. The number of aromatic nitrogens is 1. The average Bonchev–Trinajstić information content (AvgIpc) is 3.22. The van der Waals surface area contributed by atoms with Crippen LogP contribution in [0.3, 0.4) is 0 Å². The van der Waals surface area contributed by atoms with Gasteiger partial charge in [0.2, 0.25) is 15.9 Å². The number of carbonyl (C=O) groups excluding carboxylic acids is 2. The lowest BCUT2D eigenvalue weighted by Crippen LogP contribution is -2.65. The second-order valence-electron chi connectivity index (χ2n) is 10.5. The van der Waals surface area contributed by atoms with E-state index in [0.29, 0.717) is 24.2 Å². The lowest BCUT2D eigenvalue weighted by molar-refractivity contribution is -0.118. The Hall–Kier alpha value is -3.43. The van der Waals surface area contributed by atoms with Gasteiger partial charge in [0, 0.05) is 33.7 Å². The van der Waals surface area contributed by atoms with Gasteiger partial charge in [0.1, 0.15) is 5.69 Å². The van der Waals surface area contributed by atoms with Crippen LogP contribution >= 0.6 is 0 Å². The molecular weight excluding hydrogens is 476 g/mol. The molecule has 8 nitrogen and oxygen atoms in total. The Balaban J connectivity index is 1.54. The zero-order valence-corrected chi connectivity index (χ0v) is 21.8. The number of hydrogen-bond acceptors (Lipinski definition) is 4. The fourth-order valence-corrected chi connectivity index (χ4v) is 7.63. The summed E-state index contributed by atoms with van der Waals surface area (Å²) < 4.78 is 29.1. The number of carbonyl (C=O) groups is 2. The Labute approximate surface area is 211 Å². The maximum absolute atomic E-state index is 13.8. The van der Waals surface area contributed by atoms with Gasteiger partial charge in [-0.15, -0.1) is 0 Å². The van der Waals surface area contributed by atoms with Crippen molar-refractivity contribution < 1.29 is 18.0 Å². The maximum atomic E-state index is 13.8. The van der Waals surface area contributed by atoms with Gasteiger partial charge in [0.05, 0.1) is 4.90 Å². The molecule has 1 fully saturated rings. The maximum Gasteiger partial charge on any atom is 0.272 e. The van der Waals surface area contributed by atoms with Gasteiger partial charge < -0.3 is 15.6 Å². The third-order valence-electron chi connectivity index (χ3n) is 6.55. The number of nitrogens with one attached hydrogen (secondary N) is 3. The van der Waals surface area contributed by atoms with Gasteiger partial charge in [-0.25, -0.2) is 8.42 Å². The van der Waals surface area contributed by atoms with Crippen LogP contribution in [0.15, 0.2) is 72.1 Å². The summed E-state index contributed by atoms with van der Waals surface area (Å²) in [6.45, 7) is 11.0. The minimum atomic E-state index is -3.87. The van der Waals surface area contributed by atoms with E-state index in [1.54, 1.807) is 22.5 Å². The highest BCUT2D eigenvalue weighted by Crippen LogP contribution is 2.42. The van der Waals surface area contributed by atoms with Crippen LogP contribution in [0.1, 0.15) is 51.0 Å². The van der Waals surface area contributed by atoms with Crippen molar-refractivity contribution in [2.45, 2.75) is 62.6 Å². The first-order chi connectivity index (χ1) is 16.8. The monoisotopic (exact) mass is 508 g/mol. The number of para-hydroxylation sites is 1. The molecule has 4 rings (SSSR count). The van der Waals surface area contributed by atoms with Crippen molar-refractivity contribution in [1.29, 1.82) is 0 Å². The number of piperidine rings is 1. The summed E-state index contributed by atoms with van der Waals surface area (Å²) in [6, 6.07) is 15.4. The van der Waals surface area contributed by atoms with Crippen LogP contribution in [0.5, 0.6) is 0 Å². The second kappa shape index (κ2) is 9.22. The van der Waals surface area contributed by atoms with Crippen molar-refractivity contribution in [2.24, 2.45) is 0 Å². The minimum Gasteiger partial charge on any atom is -0.351 e. The highest BCUT2D eigenvalue weighted by molar-refractivity contribution is 7.89. The quantitative estimate of drug-likeness (QED) is 0.428. The molecule has 3 N–H and O–H groups in total. The zero-order chi connectivity index (χ0) is 26.3. The van der Waals surface area contributed by atoms with Crippen molar-refractivity contribution in [1.82, 2.24) is 14.6 Å². The molecule has 1 aliphatic heterocycles. The number of fused-ring (bicyclic) bond motifs is 1. The molecule has 0 atom stereocenters. The second-order valence-corrected chi connectivity index (χ2v) is 12.2. The number of hydrogen-bond donors (Lipinski definition) is 3. The molecule has 190 valence electrons. The van der Waals surface area contributed by atoms with Crippen LogP contribution in [0.25, 0.3) is 10.9 Å². The SMILES string of the molecule is C=CC(=O)NC1CC(C)(C)N(S(=O)(=O)c2ccc(NC(=O)c3cc4ccccc4[nH]3)cc2)C(C)(C)C1. The molecule has 1 aromatic heterocycles. The van der Waals surface area contributed by atoms with Gasteiger partial charge in [-0.2, -0.15) is 4.31 Å². The van der Waals surface area contributed by atoms with E-state index in [4.69, 9.17) is 0 Å². The molecule has 0 spiro atoms. The van der Waals surface area contributed by atoms with Gasteiger partial charge in [-0.1, -0.05) is 24.8 Å². The normalized spacial score (nSPS) is 18.0. The van der Waals surface area contributed by atoms with E-state index < -0.39 is 21.1 Å². The Kier molecular flexibility index (Phi) is 6.57. The zero-order valence-electron chi connectivity index (χ0n) is 21.0.